The summed E-state index contributed by atoms with van der Waals surface area (Å²) in [7, 11) is 0. The molecule has 0 radical (unpaired) electrons. The van der Waals surface area contributed by atoms with Crippen LogP contribution in [0.1, 0.15) is 0 Å². The van der Waals surface area contributed by atoms with Gasteiger partial charge in [0, 0.05) is 21.2 Å². The Labute approximate surface area is 129 Å². The summed E-state index contributed by atoms with van der Waals surface area (Å²) in [5, 5.41) is 11.6. The van der Waals surface area contributed by atoms with Crippen molar-refractivity contribution in [3.63, 3.8) is 0 Å². The van der Waals surface area contributed by atoms with Crippen molar-refractivity contribution in [3.8, 4) is 0 Å². The van der Waals surface area contributed by atoms with Gasteiger partial charge in [-0.3, -0.25) is 0 Å². The molecule has 0 atom stereocenters. The number of thiocarbonyl (C=S) groups is 1. The summed E-state index contributed by atoms with van der Waals surface area (Å²) in [6.45, 7) is 0. The van der Waals surface area contributed by atoms with Gasteiger partial charge in [-0.05, 0) is 48.6 Å². The van der Waals surface area contributed by atoms with Gasteiger partial charge in [0.15, 0.2) is 5.11 Å². The Bertz CT molecular complexity index is 772. The highest BCUT2D eigenvalue weighted by Gasteiger charge is 2.02. The number of benzene rings is 2. The van der Waals surface area contributed by atoms with E-state index in [2.05, 4.69) is 31.7 Å². The first-order valence-corrected chi connectivity index (χ1v) is 7.08. The van der Waals surface area contributed by atoms with Gasteiger partial charge >= 0.3 is 0 Å². The zero-order chi connectivity index (χ0) is 13.9. The monoisotopic (exact) mass is 347 g/mol. The van der Waals surface area contributed by atoms with Gasteiger partial charge in [-0.15, -0.1) is 0 Å². The topological polar surface area (TPSA) is 50.1 Å². The molecule has 6 heteroatoms. The van der Waals surface area contributed by atoms with Crippen molar-refractivity contribution in [2.24, 2.45) is 0 Å². The van der Waals surface area contributed by atoms with Crippen LogP contribution in [-0.2, 0) is 0 Å². The third kappa shape index (κ3) is 2.97. The van der Waals surface area contributed by atoms with Crippen LogP contribution >= 0.6 is 28.1 Å². The number of nitrogens with zero attached hydrogens (tertiary/aromatic N) is 1. The minimum Gasteiger partial charge on any atom is -0.364 e. The molecule has 0 aliphatic rings. The minimum atomic E-state index is 0.519. The third-order valence-electron chi connectivity index (χ3n) is 2.70. The molecule has 100 valence electrons. The maximum absolute atomic E-state index is 5.28. The smallest absolute Gasteiger partial charge is 0.175 e. The first-order valence-electron chi connectivity index (χ1n) is 5.88. The van der Waals surface area contributed by atoms with E-state index < -0.39 is 0 Å². The van der Waals surface area contributed by atoms with E-state index in [0.29, 0.717) is 5.11 Å². The van der Waals surface area contributed by atoms with Crippen molar-refractivity contribution in [1.82, 2.24) is 5.16 Å². The molecule has 0 bridgehead atoms. The number of anilines is 2. The molecule has 0 saturated heterocycles. The maximum Gasteiger partial charge on any atom is 0.175 e. The van der Waals surface area contributed by atoms with Gasteiger partial charge in [0.25, 0.3) is 0 Å². The molecule has 4 nitrogen and oxygen atoms in total. The Balaban J connectivity index is 1.72. The quantitative estimate of drug-likeness (QED) is 0.673. The molecule has 3 aromatic rings. The standard InChI is InChI=1S/C14H10BrN3OS/c15-10-2-1-3-11(6-10)16-14(20)17-12-5-4-9-8-19-18-13(9)7-12/h1-8H,(H2,16,17,20). The number of hydrogen-bond acceptors (Lipinski definition) is 3. The van der Waals surface area contributed by atoms with Crippen molar-refractivity contribution in [2.75, 3.05) is 10.6 Å². The molecule has 2 aromatic carbocycles. The fraction of sp³-hybridized carbons (Fsp3) is 0. The molecular weight excluding hydrogens is 338 g/mol. The summed E-state index contributed by atoms with van der Waals surface area (Å²) in [5.74, 6) is 0. The molecule has 1 heterocycles. The Morgan fingerprint density at radius 1 is 1.10 bits per heavy atom. The predicted octanol–water partition coefficient (Wildman–Crippen LogP) is 4.40. The summed E-state index contributed by atoms with van der Waals surface area (Å²) in [6, 6.07) is 13.5. The van der Waals surface area contributed by atoms with E-state index >= 15 is 0 Å². The lowest BCUT2D eigenvalue weighted by molar-refractivity contribution is 0.428. The van der Waals surface area contributed by atoms with Crippen LogP contribution in [0, 0.1) is 0 Å². The van der Waals surface area contributed by atoms with E-state index in [1.165, 1.54) is 0 Å². The summed E-state index contributed by atoms with van der Waals surface area (Å²) in [5.41, 5.74) is 2.57. The van der Waals surface area contributed by atoms with E-state index in [9.17, 15) is 0 Å². The SMILES string of the molecule is S=C(Nc1cccc(Br)c1)Nc1ccc2conc2c1. The molecule has 0 saturated carbocycles. The molecule has 20 heavy (non-hydrogen) atoms. The van der Waals surface area contributed by atoms with Crippen molar-refractivity contribution >= 4 is 55.5 Å². The van der Waals surface area contributed by atoms with E-state index in [1.54, 1.807) is 6.26 Å². The fourth-order valence-corrected chi connectivity index (χ4v) is 2.43. The zero-order valence-corrected chi connectivity index (χ0v) is 12.7. The van der Waals surface area contributed by atoms with Crippen LogP contribution < -0.4 is 10.6 Å². The number of aromatic nitrogens is 1. The van der Waals surface area contributed by atoms with Gasteiger partial charge in [0.2, 0.25) is 0 Å². The highest BCUT2D eigenvalue weighted by molar-refractivity contribution is 9.10. The van der Waals surface area contributed by atoms with Crippen LogP contribution in [0.2, 0.25) is 0 Å². The number of hydrogen-bond donors (Lipinski definition) is 2. The summed E-state index contributed by atoms with van der Waals surface area (Å²) >= 11 is 8.70. The van der Waals surface area contributed by atoms with Crippen LogP contribution in [0.3, 0.4) is 0 Å². The van der Waals surface area contributed by atoms with Crippen molar-refractivity contribution in [2.45, 2.75) is 0 Å². The molecule has 0 fully saturated rings. The molecule has 0 aliphatic carbocycles. The van der Waals surface area contributed by atoms with Gasteiger partial charge in [0.05, 0.1) is 0 Å². The second kappa shape index (κ2) is 5.60. The average molecular weight is 348 g/mol. The van der Waals surface area contributed by atoms with Crippen molar-refractivity contribution in [3.05, 3.63) is 53.2 Å². The summed E-state index contributed by atoms with van der Waals surface area (Å²) < 4.78 is 5.90. The average Bonchev–Trinajstić information content (AvgIpc) is 2.86. The van der Waals surface area contributed by atoms with Crippen molar-refractivity contribution in [1.29, 1.82) is 0 Å². The number of rotatable bonds is 2. The van der Waals surface area contributed by atoms with Gasteiger partial charge in [-0.1, -0.05) is 27.2 Å². The molecule has 0 spiro atoms. The van der Waals surface area contributed by atoms with E-state index in [4.69, 9.17) is 16.7 Å². The number of fused-ring (bicyclic) bond motifs is 1. The van der Waals surface area contributed by atoms with Crippen LogP contribution in [0.4, 0.5) is 11.4 Å². The number of halogens is 1. The summed E-state index contributed by atoms with van der Waals surface area (Å²) in [4.78, 5) is 0. The first-order chi connectivity index (χ1) is 9.70. The summed E-state index contributed by atoms with van der Waals surface area (Å²) in [6.07, 6.45) is 1.61. The van der Waals surface area contributed by atoms with E-state index in [1.807, 2.05) is 42.5 Å². The lowest BCUT2D eigenvalue weighted by atomic mass is 10.2. The lowest BCUT2D eigenvalue weighted by Gasteiger charge is -2.10. The van der Waals surface area contributed by atoms with Gasteiger partial charge in [0.1, 0.15) is 11.8 Å². The highest BCUT2D eigenvalue weighted by Crippen LogP contribution is 2.19. The number of nitrogens with one attached hydrogen (secondary N) is 2. The molecule has 0 amide bonds. The predicted molar refractivity (Wildman–Crippen MR) is 88.0 cm³/mol. The zero-order valence-electron chi connectivity index (χ0n) is 10.3. The molecular formula is C14H10BrN3OS. The Morgan fingerprint density at radius 2 is 1.90 bits per heavy atom. The molecule has 0 aliphatic heterocycles. The van der Waals surface area contributed by atoms with Crippen LogP contribution in [-0.4, -0.2) is 10.3 Å². The normalized spacial score (nSPS) is 10.4. The Hall–Kier alpha value is -1.92. The molecule has 2 N–H and O–H groups in total. The maximum atomic E-state index is 5.28. The van der Waals surface area contributed by atoms with Gasteiger partial charge in [-0.25, -0.2) is 0 Å². The highest BCUT2D eigenvalue weighted by atomic mass is 79.9. The Morgan fingerprint density at radius 3 is 2.70 bits per heavy atom. The Kier molecular flexibility index (Phi) is 3.66. The molecule has 1 aromatic heterocycles. The lowest BCUT2D eigenvalue weighted by Crippen LogP contribution is -2.18. The molecule has 3 rings (SSSR count). The molecule has 0 unspecified atom stereocenters. The van der Waals surface area contributed by atoms with Crippen LogP contribution in [0.5, 0.6) is 0 Å². The van der Waals surface area contributed by atoms with Crippen molar-refractivity contribution < 1.29 is 4.52 Å². The second-order valence-corrected chi connectivity index (χ2v) is 5.50. The minimum absolute atomic E-state index is 0.519. The van der Waals surface area contributed by atoms with Gasteiger partial charge in [-0.2, -0.15) is 0 Å². The largest absolute Gasteiger partial charge is 0.364 e. The second-order valence-electron chi connectivity index (χ2n) is 4.18. The fourth-order valence-electron chi connectivity index (χ4n) is 1.80. The van der Waals surface area contributed by atoms with Gasteiger partial charge < -0.3 is 15.2 Å². The van der Waals surface area contributed by atoms with Crippen LogP contribution in [0.25, 0.3) is 10.9 Å². The van der Waals surface area contributed by atoms with E-state index in [-0.39, 0.29) is 0 Å². The third-order valence-corrected chi connectivity index (χ3v) is 3.40. The van der Waals surface area contributed by atoms with Crippen LogP contribution in [0.15, 0.2) is 57.7 Å². The first kappa shape index (κ1) is 13.1. The van der Waals surface area contributed by atoms with E-state index in [0.717, 1.165) is 26.8 Å².